The molecule has 0 aromatic carbocycles. The second-order valence-corrected chi connectivity index (χ2v) is 11.2. The van der Waals surface area contributed by atoms with Gasteiger partial charge in [-0.1, -0.05) is 0 Å². The summed E-state index contributed by atoms with van der Waals surface area (Å²) in [6, 6.07) is 0. The third-order valence-electron chi connectivity index (χ3n) is 4.84. The van der Waals surface area contributed by atoms with E-state index >= 15 is 0 Å². The van der Waals surface area contributed by atoms with E-state index in [-0.39, 0.29) is 45.6 Å². The summed E-state index contributed by atoms with van der Waals surface area (Å²) >= 11 is 0. The summed E-state index contributed by atoms with van der Waals surface area (Å²) < 4.78 is 35.3. The molecule has 1 heterocycles. The van der Waals surface area contributed by atoms with E-state index in [4.69, 9.17) is 5.11 Å². The molecule has 1 fully saturated rings. The van der Waals surface area contributed by atoms with Crippen molar-refractivity contribution in [1.29, 1.82) is 0 Å². The molecule has 13 nitrogen and oxygen atoms in total. The van der Waals surface area contributed by atoms with Gasteiger partial charge in [0.25, 0.3) is 0 Å². The zero-order valence-electron chi connectivity index (χ0n) is 16.3. The number of aliphatic hydroxyl groups is 4. The molecule has 0 aromatic rings. The molecule has 3 atom stereocenters. The summed E-state index contributed by atoms with van der Waals surface area (Å²) in [5.74, 6) is -1.21. The maximum Gasteiger partial charge on any atom is 0.303 e. The van der Waals surface area contributed by atoms with E-state index in [1.807, 2.05) is 0 Å². The lowest BCUT2D eigenvalue weighted by atomic mass is 10.3. The predicted octanol–water partition coefficient (Wildman–Crippen LogP) is -1.53. The Bertz CT molecular complexity index is 625. The quantitative estimate of drug-likeness (QED) is 0.182. The number of carbonyl (C=O) groups is 1. The number of nitrogens with zero attached hydrogens (tertiary/aromatic N) is 3. The van der Waals surface area contributed by atoms with Gasteiger partial charge in [0.1, 0.15) is 0 Å². The molecular formula is C14H28N3O10P3. The Morgan fingerprint density at radius 2 is 1.30 bits per heavy atom. The Labute approximate surface area is 176 Å². The number of aliphatic hydroxyl groups excluding tert-OH is 2. The molecule has 6 N–H and O–H groups in total. The first kappa shape index (κ1) is 27.6. The molecule has 0 radical (unpaired) electrons. The van der Waals surface area contributed by atoms with Crippen LogP contribution in [0.3, 0.4) is 0 Å². The highest BCUT2D eigenvalue weighted by molar-refractivity contribution is 7.57. The molecule has 0 spiro atoms. The van der Waals surface area contributed by atoms with E-state index in [1.54, 1.807) is 0 Å². The van der Waals surface area contributed by atoms with Crippen LogP contribution in [0, 0.1) is 0 Å². The Kier molecular flexibility index (Phi) is 11.0. The number of aliphatic carboxylic acids is 1. The van der Waals surface area contributed by atoms with E-state index in [1.165, 1.54) is 14.7 Å². The lowest BCUT2D eigenvalue weighted by Gasteiger charge is -2.36. The van der Waals surface area contributed by atoms with Crippen LogP contribution < -0.4 is 0 Å². The molecule has 16 heteroatoms. The number of rotatable bonds is 11. The maximum atomic E-state index is 12.4. The molecule has 0 bridgehead atoms. The van der Waals surface area contributed by atoms with Crippen molar-refractivity contribution in [1.82, 2.24) is 14.7 Å². The van der Waals surface area contributed by atoms with Crippen molar-refractivity contribution in [3.05, 3.63) is 0 Å². The van der Waals surface area contributed by atoms with Crippen LogP contribution in [0.4, 0.5) is 0 Å². The van der Waals surface area contributed by atoms with Gasteiger partial charge >= 0.3 is 5.97 Å². The van der Waals surface area contributed by atoms with Crippen molar-refractivity contribution in [2.75, 3.05) is 64.9 Å². The standard InChI is InChI=1S/C14H28N3O10P3/c18-9-13(22,28-24)16-4-2-15(11-30(26,27)8-1-12(20)21)3-5-17(7-6-16)14(23,10-19)29-25/h18-19,22-23H,1-11H2,(H,20,21)(H,26,27). The normalized spacial score (nSPS) is 24.3. The molecular weight excluding hydrogens is 463 g/mol. The monoisotopic (exact) mass is 491 g/mol. The first-order valence-electron chi connectivity index (χ1n) is 9.06. The summed E-state index contributed by atoms with van der Waals surface area (Å²) in [7, 11) is -5.42. The fourth-order valence-electron chi connectivity index (χ4n) is 2.99. The first-order valence-corrected chi connectivity index (χ1v) is 12.7. The van der Waals surface area contributed by atoms with Crippen molar-refractivity contribution in [2.45, 2.75) is 17.4 Å². The highest BCUT2D eigenvalue weighted by Gasteiger charge is 2.40. The summed E-state index contributed by atoms with van der Waals surface area (Å²) in [5, 5.41) is 48.4. The van der Waals surface area contributed by atoms with Gasteiger partial charge in [-0.2, -0.15) is 0 Å². The topological polar surface area (TPSA) is 199 Å². The second-order valence-electron chi connectivity index (χ2n) is 6.99. The minimum absolute atomic E-state index is 0.0196. The van der Waals surface area contributed by atoms with Crippen molar-refractivity contribution >= 4 is 30.3 Å². The molecule has 3 unspecified atom stereocenters. The first-order chi connectivity index (χ1) is 13.9. The molecule has 0 aliphatic carbocycles. The van der Waals surface area contributed by atoms with Crippen LogP contribution in [0.1, 0.15) is 6.42 Å². The number of carboxylic acids is 1. The van der Waals surface area contributed by atoms with Crippen LogP contribution >= 0.6 is 24.3 Å². The molecule has 174 valence electrons. The Morgan fingerprint density at radius 3 is 1.63 bits per heavy atom. The lowest BCUT2D eigenvalue weighted by molar-refractivity contribution is -0.136. The average molecular weight is 491 g/mol. The van der Waals surface area contributed by atoms with Gasteiger partial charge in [-0.15, -0.1) is 0 Å². The minimum Gasteiger partial charge on any atom is -0.481 e. The number of carboxylic acid groups (broad SMARTS) is 1. The van der Waals surface area contributed by atoms with Gasteiger partial charge in [0, 0.05) is 45.4 Å². The molecule has 0 amide bonds. The van der Waals surface area contributed by atoms with Gasteiger partial charge in [-0.05, 0) is 0 Å². The van der Waals surface area contributed by atoms with E-state index < -0.39 is 67.0 Å². The van der Waals surface area contributed by atoms with Gasteiger partial charge in [-0.3, -0.25) is 33.2 Å². The van der Waals surface area contributed by atoms with Crippen LogP contribution in [0.5, 0.6) is 0 Å². The van der Waals surface area contributed by atoms with Crippen molar-refractivity contribution < 1.29 is 48.9 Å². The molecule has 30 heavy (non-hydrogen) atoms. The predicted molar refractivity (Wildman–Crippen MR) is 106 cm³/mol. The molecule has 1 aliphatic rings. The smallest absolute Gasteiger partial charge is 0.303 e. The fraction of sp³-hybridized carbons (Fsp3) is 0.929. The van der Waals surface area contributed by atoms with Gasteiger partial charge in [0.15, 0.2) is 0 Å². The zero-order valence-corrected chi connectivity index (χ0v) is 19.0. The third kappa shape index (κ3) is 7.93. The Morgan fingerprint density at radius 1 is 0.900 bits per heavy atom. The number of hydrogen-bond donors (Lipinski definition) is 6. The van der Waals surface area contributed by atoms with Crippen LogP contribution in [0.15, 0.2) is 0 Å². The van der Waals surface area contributed by atoms with Gasteiger partial charge in [0.05, 0.1) is 25.9 Å². The van der Waals surface area contributed by atoms with E-state index in [9.17, 15) is 43.8 Å². The Hall–Kier alpha value is -0.420. The van der Waals surface area contributed by atoms with Crippen LogP contribution in [0.25, 0.3) is 0 Å². The van der Waals surface area contributed by atoms with Gasteiger partial charge in [-0.25, -0.2) is 0 Å². The van der Waals surface area contributed by atoms with Crippen molar-refractivity contribution in [3.63, 3.8) is 0 Å². The van der Waals surface area contributed by atoms with Crippen LogP contribution in [0.2, 0.25) is 0 Å². The van der Waals surface area contributed by atoms with Crippen molar-refractivity contribution in [3.8, 4) is 0 Å². The minimum atomic E-state index is -3.85. The lowest BCUT2D eigenvalue weighted by Crippen LogP contribution is -2.54. The molecule has 1 rings (SSSR count). The summed E-state index contributed by atoms with van der Waals surface area (Å²) in [6.45, 7) is -1.59. The highest BCUT2D eigenvalue weighted by Crippen LogP contribution is 2.42. The number of hydrogen-bond acceptors (Lipinski definition) is 11. The molecule has 0 aromatic heterocycles. The summed E-state index contributed by atoms with van der Waals surface area (Å²) in [6.07, 6.45) is -1.30. The zero-order chi connectivity index (χ0) is 23.0. The second kappa shape index (κ2) is 12.0. The summed E-state index contributed by atoms with van der Waals surface area (Å²) in [4.78, 5) is 24.8. The van der Waals surface area contributed by atoms with Crippen LogP contribution in [-0.2, 0) is 18.5 Å². The maximum absolute atomic E-state index is 12.4. The summed E-state index contributed by atoms with van der Waals surface area (Å²) in [5.41, 5.74) is -4.28. The molecule has 0 saturated carbocycles. The molecule has 1 aliphatic heterocycles. The largest absolute Gasteiger partial charge is 0.481 e. The Balaban J connectivity index is 3.10. The van der Waals surface area contributed by atoms with E-state index in [0.717, 1.165) is 0 Å². The van der Waals surface area contributed by atoms with E-state index in [0.29, 0.717) is 0 Å². The van der Waals surface area contributed by atoms with Gasteiger partial charge in [0.2, 0.25) is 35.2 Å². The third-order valence-corrected chi connectivity index (χ3v) is 8.04. The highest BCUT2D eigenvalue weighted by atomic mass is 31.2. The fourth-order valence-corrected chi connectivity index (χ4v) is 5.32. The van der Waals surface area contributed by atoms with Crippen LogP contribution in [-0.4, -0.2) is 127 Å². The van der Waals surface area contributed by atoms with E-state index in [2.05, 4.69) is 0 Å². The van der Waals surface area contributed by atoms with Crippen molar-refractivity contribution in [2.24, 2.45) is 0 Å². The van der Waals surface area contributed by atoms with Gasteiger partial charge < -0.3 is 30.4 Å². The average Bonchev–Trinajstić information content (AvgIpc) is 2.82. The SMILES string of the molecule is O=PC(O)(CO)N1CCN(CP(=O)(O)CCC(=O)O)CCN(C(O)(CO)P=O)CC1. The molecule has 1 saturated heterocycles.